The Kier molecular flexibility index (Phi) is 3.90. The Balaban J connectivity index is 2.24. The molecule has 2 nitrogen and oxygen atoms in total. The zero-order valence-electron chi connectivity index (χ0n) is 10.3. The predicted octanol–water partition coefficient (Wildman–Crippen LogP) is 3.66. The van der Waals surface area contributed by atoms with E-state index >= 15 is 0 Å². The summed E-state index contributed by atoms with van der Waals surface area (Å²) in [7, 11) is 0. The summed E-state index contributed by atoms with van der Waals surface area (Å²) in [5, 5.41) is 0. The predicted molar refractivity (Wildman–Crippen MR) is 67.3 cm³/mol. The van der Waals surface area contributed by atoms with Crippen LogP contribution in [-0.2, 0) is 6.61 Å². The maximum atomic E-state index is 13.5. The molecule has 0 amide bonds. The van der Waals surface area contributed by atoms with Crippen LogP contribution in [0.25, 0.3) is 0 Å². The SMILES string of the molecule is Cc1cccc(C=O)c1OCc1cccc(F)c1F. The normalized spacial score (nSPS) is 10.3. The molecule has 0 atom stereocenters. The van der Waals surface area contributed by atoms with Gasteiger partial charge in [0.1, 0.15) is 12.4 Å². The molecule has 0 heterocycles. The fourth-order valence-electron chi connectivity index (χ4n) is 1.77. The van der Waals surface area contributed by atoms with Crippen molar-refractivity contribution in [2.24, 2.45) is 0 Å². The molecule has 0 unspecified atom stereocenters. The highest BCUT2D eigenvalue weighted by Gasteiger charge is 2.10. The summed E-state index contributed by atoms with van der Waals surface area (Å²) in [5.41, 5.74) is 1.26. The summed E-state index contributed by atoms with van der Waals surface area (Å²) in [4.78, 5) is 10.9. The number of ether oxygens (including phenoxy) is 1. The van der Waals surface area contributed by atoms with Gasteiger partial charge >= 0.3 is 0 Å². The molecule has 2 rings (SSSR count). The Hall–Kier alpha value is -2.23. The lowest BCUT2D eigenvalue weighted by Crippen LogP contribution is -2.03. The first-order valence-electron chi connectivity index (χ1n) is 5.74. The summed E-state index contributed by atoms with van der Waals surface area (Å²) in [6.45, 7) is 1.65. The smallest absolute Gasteiger partial charge is 0.165 e. The number of rotatable bonds is 4. The third-order valence-electron chi connectivity index (χ3n) is 2.77. The second-order valence-electron chi connectivity index (χ2n) is 4.11. The van der Waals surface area contributed by atoms with Gasteiger partial charge in [-0.05, 0) is 24.6 Å². The van der Waals surface area contributed by atoms with Gasteiger partial charge in [-0.1, -0.05) is 24.3 Å². The molecule has 0 N–H and O–H groups in total. The highest BCUT2D eigenvalue weighted by atomic mass is 19.2. The number of carbonyl (C=O) groups excluding carboxylic acids is 1. The van der Waals surface area contributed by atoms with Gasteiger partial charge in [-0.15, -0.1) is 0 Å². The minimum absolute atomic E-state index is 0.111. The van der Waals surface area contributed by atoms with Gasteiger partial charge in [0.05, 0.1) is 5.56 Å². The Morgan fingerprint density at radius 1 is 1.16 bits per heavy atom. The van der Waals surface area contributed by atoms with Crippen molar-refractivity contribution in [1.29, 1.82) is 0 Å². The molecule has 0 aromatic heterocycles. The van der Waals surface area contributed by atoms with Crippen LogP contribution in [0.5, 0.6) is 5.75 Å². The van der Waals surface area contributed by atoms with E-state index in [0.29, 0.717) is 17.6 Å². The molecule has 2 aromatic rings. The summed E-state index contributed by atoms with van der Waals surface area (Å²) >= 11 is 0. The highest BCUT2D eigenvalue weighted by molar-refractivity contribution is 5.80. The first-order valence-corrected chi connectivity index (χ1v) is 5.74. The van der Waals surface area contributed by atoms with Crippen molar-refractivity contribution < 1.29 is 18.3 Å². The highest BCUT2D eigenvalue weighted by Crippen LogP contribution is 2.23. The van der Waals surface area contributed by atoms with E-state index in [-0.39, 0.29) is 12.2 Å². The molecule has 0 radical (unpaired) electrons. The zero-order valence-corrected chi connectivity index (χ0v) is 10.3. The average molecular weight is 262 g/mol. The number of hydrogen-bond acceptors (Lipinski definition) is 2. The van der Waals surface area contributed by atoms with Crippen molar-refractivity contribution in [2.75, 3.05) is 0 Å². The number of para-hydroxylation sites is 1. The third-order valence-corrected chi connectivity index (χ3v) is 2.77. The van der Waals surface area contributed by atoms with Crippen LogP contribution in [0.1, 0.15) is 21.5 Å². The van der Waals surface area contributed by atoms with Gasteiger partial charge in [0.15, 0.2) is 17.9 Å². The van der Waals surface area contributed by atoms with Gasteiger partial charge in [0, 0.05) is 5.56 Å². The van der Waals surface area contributed by atoms with Crippen molar-refractivity contribution in [3.8, 4) is 5.75 Å². The number of hydrogen-bond donors (Lipinski definition) is 0. The third kappa shape index (κ3) is 2.78. The molecule has 0 aliphatic carbocycles. The number of aryl methyl sites for hydroxylation is 1. The first-order chi connectivity index (χ1) is 9.13. The van der Waals surface area contributed by atoms with Crippen LogP contribution in [0.2, 0.25) is 0 Å². The summed E-state index contributed by atoms with van der Waals surface area (Å²) in [5.74, 6) is -1.45. The molecule has 98 valence electrons. The quantitative estimate of drug-likeness (QED) is 0.786. The Bertz CT molecular complexity index is 609. The first kappa shape index (κ1) is 13.2. The van der Waals surface area contributed by atoms with E-state index in [4.69, 9.17) is 4.74 Å². The topological polar surface area (TPSA) is 26.3 Å². The Labute approximate surface area is 109 Å². The molecule has 19 heavy (non-hydrogen) atoms. The van der Waals surface area contributed by atoms with Crippen LogP contribution in [0.15, 0.2) is 36.4 Å². The van der Waals surface area contributed by atoms with E-state index in [1.165, 1.54) is 12.1 Å². The Morgan fingerprint density at radius 2 is 1.89 bits per heavy atom. The van der Waals surface area contributed by atoms with E-state index < -0.39 is 11.6 Å². The maximum absolute atomic E-state index is 13.5. The van der Waals surface area contributed by atoms with Crippen molar-refractivity contribution in [2.45, 2.75) is 13.5 Å². The van der Waals surface area contributed by atoms with Crippen molar-refractivity contribution >= 4 is 6.29 Å². The zero-order chi connectivity index (χ0) is 13.8. The lowest BCUT2D eigenvalue weighted by atomic mass is 10.1. The van der Waals surface area contributed by atoms with Crippen LogP contribution >= 0.6 is 0 Å². The van der Waals surface area contributed by atoms with Crippen LogP contribution in [-0.4, -0.2) is 6.29 Å². The molecule has 2 aromatic carbocycles. The second-order valence-corrected chi connectivity index (χ2v) is 4.11. The molecular formula is C15H12F2O2. The number of aldehydes is 1. The molecule has 4 heteroatoms. The monoisotopic (exact) mass is 262 g/mol. The van der Waals surface area contributed by atoms with Crippen molar-refractivity contribution in [1.82, 2.24) is 0 Å². The number of carbonyl (C=O) groups is 1. The standard InChI is InChI=1S/C15H12F2O2/c1-10-4-2-5-11(8-18)15(10)19-9-12-6-3-7-13(16)14(12)17/h2-8H,9H2,1H3. The fourth-order valence-corrected chi connectivity index (χ4v) is 1.77. The molecular weight excluding hydrogens is 250 g/mol. The fraction of sp³-hybridized carbons (Fsp3) is 0.133. The molecule has 0 aliphatic rings. The maximum Gasteiger partial charge on any atom is 0.165 e. The van der Waals surface area contributed by atoms with Gasteiger partial charge in [0.25, 0.3) is 0 Å². The minimum atomic E-state index is -0.927. The van der Waals surface area contributed by atoms with Gasteiger partial charge in [-0.25, -0.2) is 8.78 Å². The summed E-state index contributed by atoms with van der Waals surface area (Å²) < 4.78 is 31.9. The summed E-state index contributed by atoms with van der Waals surface area (Å²) in [6.07, 6.45) is 0.671. The number of halogens is 2. The largest absolute Gasteiger partial charge is 0.488 e. The molecule has 0 fully saturated rings. The van der Waals surface area contributed by atoms with E-state index in [0.717, 1.165) is 11.6 Å². The van der Waals surface area contributed by atoms with E-state index in [2.05, 4.69) is 0 Å². The van der Waals surface area contributed by atoms with Crippen molar-refractivity contribution in [3.05, 3.63) is 64.7 Å². The van der Waals surface area contributed by atoms with Crippen LogP contribution in [0.3, 0.4) is 0 Å². The van der Waals surface area contributed by atoms with E-state index in [1.807, 2.05) is 0 Å². The lowest BCUT2D eigenvalue weighted by Gasteiger charge is -2.11. The van der Waals surface area contributed by atoms with Gasteiger partial charge < -0.3 is 4.74 Å². The minimum Gasteiger partial charge on any atom is -0.488 e. The lowest BCUT2D eigenvalue weighted by molar-refractivity contribution is 0.111. The molecule has 0 aliphatic heterocycles. The van der Waals surface area contributed by atoms with Crippen molar-refractivity contribution in [3.63, 3.8) is 0 Å². The van der Waals surface area contributed by atoms with Gasteiger partial charge in [0.2, 0.25) is 0 Å². The van der Waals surface area contributed by atoms with Crippen LogP contribution in [0, 0.1) is 18.6 Å². The van der Waals surface area contributed by atoms with Gasteiger partial charge in [-0.2, -0.15) is 0 Å². The second kappa shape index (κ2) is 5.61. The van der Waals surface area contributed by atoms with Crippen LogP contribution < -0.4 is 4.74 Å². The molecule has 0 bridgehead atoms. The van der Waals surface area contributed by atoms with Crippen LogP contribution in [0.4, 0.5) is 8.78 Å². The Morgan fingerprint density at radius 3 is 2.63 bits per heavy atom. The molecule has 0 spiro atoms. The molecule has 0 saturated heterocycles. The molecule has 0 saturated carbocycles. The average Bonchev–Trinajstić information content (AvgIpc) is 2.41. The van der Waals surface area contributed by atoms with E-state index in [9.17, 15) is 13.6 Å². The number of benzene rings is 2. The van der Waals surface area contributed by atoms with Gasteiger partial charge in [-0.3, -0.25) is 4.79 Å². The van der Waals surface area contributed by atoms with E-state index in [1.54, 1.807) is 25.1 Å². The summed E-state index contributed by atoms with van der Waals surface area (Å²) in [6, 6.07) is 9.02.